The van der Waals surface area contributed by atoms with Crippen LogP contribution in [0.4, 0.5) is 0 Å². The summed E-state index contributed by atoms with van der Waals surface area (Å²) < 4.78 is 1.92. The van der Waals surface area contributed by atoms with Crippen molar-refractivity contribution in [3.05, 3.63) is 133 Å². The molecule has 1 N–H and O–H groups in total. The summed E-state index contributed by atoms with van der Waals surface area (Å²) >= 11 is 0. The van der Waals surface area contributed by atoms with E-state index >= 15 is 0 Å². The zero-order valence-electron chi connectivity index (χ0n) is 22.1. The van der Waals surface area contributed by atoms with Gasteiger partial charge in [0.05, 0.1) is 16.7 Å². The maximum atomic E-state index is 10.9. The Kier molecular flexibility index (Phi) is 5.16. The molecule has 1 heterocycles. The zero-order chi connectivity index (χ0) is 27.7. The first kappa shape index (κ1) is 24.0. The van der Waals surface area contributed by atoms with E-state index in [0.29, 0.717) is 5.52 Å². The second-order valence-corrected chi connectivity index (χ2v) is 10.6. The Labute approximate surface area is 239 Å². The number of fused-ring (bicyclic) bond motifs is 6. The summed E-state index contributed by atoms with van der Waals surface area (Å²) in [7, 11) is 12.3. The molecule has 0 fully saturated rings. The highest BCUT2D eigenvalue weighted by molar-refractivity contribution is 6.38. The van der Waals surface area contributed by atoms with Crippen LogP contribution >= 0.6 is 0 Å². The fraction of sp³-hybridized carbons (Fsp3) is 0.0278. The zero-order valence-corrected chi connectivity index (χ0v) is 22.1. The van der Waals surface area contributed by atoms with Gasteiger partial charge in [0.1, 0.15) is 21.5 Å². The second kappa shape index (κ2) is 8.82. The second-order valence-electron chi connectivity index (χ2n) is 10.6. The molecule has 3 nitrogen and oxygen atoms in total. The van der Waals surface area contributed by atoms with Crippen LogP contribution in [0.15, 0.2) is 127 Å². The fourth-order valence-electron chi connectivity index (χ4n) is 6.42. The van der Waals surface area contributed by atoms with Crippen molar-refractivity contribution in [3.63, 3.8) is 0 Å². The van der Waals surface area contributed by atoms with E-state index in [2.05, 4.69) is 91.0 Å². The Bertz CT molecular complexity index is 2260. The summed E-state index contributed by atoms with van der Waals surface area (Å²) in [4.78, 5) is 4.69. The minimum atomic E-state index is -2.14. The van der Waals surface area contributed by atoms with Crippen molar-refractivity contribution in [2.45, 2.75) is 5.40 Å². The first-order valence-electron chi connectivity index (χ1n) is 13.6. The molecule has 4 radical (unpaired) electrons. The van der Waals surface area contributed by atoms with Crippen LogP contribution in [0.3, 0.4) is 0 Å². The van der Waals surface area contributed by atoms with Gasteiger partial charge in [0, 0.05) is 16.2 Å². The molecule has 0 aliphatic carbocycles. The van der Waals surface area contributed by atoms with E-state index < -0.39 is 5.40 Å². The van der Waals surface area contributed by atoms with Crippen molar-refractivity contribution in [2.24, 2.45) is 0 Å². The lowest BCUT2D eigenvalue weighted by Crippen LogP contribution is -2.30. The lowest BCUT2D eigenvalue weighted by molar-refractivity contribution is 0.205. The van der Waals surface area contributed by atoms with Gasteiger partial charge in [-0.3, -0.25) is 4.57 Å². The molecule has 8 rings (SSSR count). The molecule has 0 saturated carbocycles. The highest BCUT2D eigenvalue weighted by atomic mass is 16.3. The van der Waals surface area contributed by atoms with Crippen molar-refractivity contribution in [1.29, 1.82) is 0 Å². The SMILES string of the molecule is [B]C([B])(O)c1nc2ccccc2n1-c1c2ccccc2c(-c2cc3ccccc3c3ccccc23)c2ccccc12. The third kappa shape index (κ3) is 3.56. The van der Waals surface area contributed by atoms with Crippen LogP contribution in [0, 0.1) is 0 Å². The molecule has 0 saturated heterocycles. The summed E-state index contributed by atoms with van der Waals surface area (Å²) in [5, 5.41) is 17.8. The molecule has 7 aromatic carbocycles. The average Bonchev–Trinajstić information content (AvgIpc) is 3.40. The van der Waals surface area contributed by atoms with E-state index in [1.54, 1.807) is 0 Å². The smallest absolute Gasteiger partial charge is 0.127 e. The minimum Gasteiger partial charge on any atom is -0.402 e. The molecule has 0 atom stereocenters. The minimum absolute atomic E-state index is 0.179. The molecule has 0 aliphatic rings. The third-order valence-corrected chi connectivity index (χ3v) is 8.08. The number of hydrogen-bond donors (Lipinski definition) is 1. The van der Waals surface area contributed by atoms with Crippen molar-refractivity contribution < 1.29 is 5.11 Å². The Morgan fingerprint density at radius 2 is 1.07 bits per heavy atom. The van der Waals surface area contributed by atoms with Crippen molar-refractivity contribution >= 4 is 69.8 Å². The molecule has 1 aromatic heterocycles. The summed E-state index contributed by atoms with van der Waals surface area (Å²) in [6.07, 6.45) is 0. The highest BCUT2D eigenvalue weighted by Crippen LogP contribution is 2.45. The van der Waals surface area contributed by atoms with Gasteiger partial charge in [0.15, 0.2) is 0 Å². The molecular formula is C36H22B2N2O. The molecule has 188 valence electrons. The van der Waals surface area contributed by atoms with Crippen molar-refractivity contribution in [1.82, 2.24) is 9.55 Å². The van der Waals surface area contributed by atoms with Gasteiger partial charge in [-0.05, 0) is 61.6 Å². The van der Waals surface area contributed by atoms with Crippen LogP contribution in [0.2, 0.25) is 0 Å². The molecule has 0 unspecified atom stereocenters. The number of aliphatic hydroxyl groups is 1. The standard InChI is InChI=1S/C36H22B2N2O/c37-36(38,41)35-39-31-19-9-10-20-32(31)40(35)34-28-17-7-5-15-26(28)33(27-16-6-8-18-29(27)34)30-21-22-11-1-2-12-23(22)24-13-3-4-14-25(24)30/h1-21,41H. The summed E-state index contributed by atoms with van der Waals surface area (Å²) in [5.74, 6) is 0.179. The number of hydrogen-bond acceptors (Lipinski definition) is 2. The van der Waals surface area contributed by atoms with Gasteiger partial charge in [-0.15, -0.1) is 0 Å². The summed E-state index contributed by atoms with van der Waals surface area (Å²) in [6.45, 7) is 0. The largest absolute Gasteiger partial charge is 0.402 e. The van der Waals surface area contributed by atoms with E-state index in [9.17, 15) is 5.11 Å². The molecule has 0 bridgehead atoms. The van der Waals surface area contributed by atoms with Gasteiger partial charge < -0.3 is 5.11 Å². The lowest BCUT2D eigenvalue weighted by Gasteiger charge is -2.24. The molecule has 41 heavy (non-hydrogen) atoms. The van der Waals surface area contributed by atoms with E-state index in [1.165, 1.54) is 27.1 Å². The molecule has 0 spiro atoms. The first-order chi connectivity index (χ1) is 20.0. The van der Waals surface area contributed by atoms with Crippen molar-refractivity contribution in [2.75, 3.05) is 0 Å². The number of imidazole rings is 1. The van der Waals surface area contributed by atoms with Gasteiger partial charge in [-0.1, -0.05) is 109 Å². The number of rotatable bonds is 3. The number of nitrogens with zero attached hydrogens (tertiary/aromatic N) is 2. The molecule has 0 amide bonds. The highest BCUT2D eigenvalue weighted by Gasteiger charge is 2.27. The molecule has 0 aliphatic heterocycles. The Hall–Kier alpha value is -4.86. The number of aromatic nitrogens is 2. The predicted molar refractivity (Wildman–Crippen MR) is 172 cm³/mol. The van der Waals surface area contributed by atoms with Crippen LogP contribution in [-0.4, -0.2) is 30.4 Å². The Balaban J connectivity index is 1.60. The monoisotopic (exact) mass is 520 g/mol. The molecule has 8 aromatic rings. The lowest BCUT2D eigenvalue weighted by atomic mass is 9.65. The van der Waals surface area contributed by atoms with Gasteiger partial charge in [0.2, 0.25) is 0 Å². The van der Waals surface area contributed by atoms with E-state index in [4.69, 9.17) is 20.7 Å². The molecule has 5 heteroatoms. The third-order valence-electron chi connectivity index (χ3n) is 8.08. The number of para-hydroxylation sites is 2. The summed E-state index contributed by atoms with van der Waals surface area (Å²) in [6, 6.07) is 44.0. The maximum absolute atomic E-state index is 10.9. The normalized spacial score (nSPS) is 12.2. The predicted octanol–water partition coefficient (Wildman–Crippen LogP) is 7.74. The fourth-order valence-corrected chi connectivity index (χ4v) is 6.42. The maximum Gasteiger partial charge on any atom is 0.127 e. The van der Waals surface area contributed by atoms with Crippen molar-refractivity contribution in [3.8, 4) is 16.8 Å². The van der Waals surface area contributed by atoms with E-state index in [0.717, 1.165) is 38.3 Å². The first-order valence-corrected chi connectivity index (χ1v) is 13.6. The van der Waals surface area contributed by atoms with Gasteiger partial charge in [0.25, 0.3) is 0 Å². The Morgan fingerprint density at radius 3 is 1.73 bits per heavy atom. The van der Waals surface area contributed by atoms with Crippen LogP contribution < -0.4 is 0 Å². The van der Waals surface area contributed by atoms with Crippen LogP contribution in [0.5, 0.6) is 0 Å². The van der Waals surface area contributed by atoms with Gasteiger partial charge >= 0.3 is 0 Å². The van der Waals surface area contributed by atoms with Gasteiger partial charge in [-0.25, -0.2) is 4.98 Å². The Morgan fingerprint density at radius 1 is 0.561 bits per heavy atom. The summed E-state index contributed by atoms with van der Waals surface area (Å²) in [5.41, 5.74) is 4.72. The number of benzene rings is 7. The van der Waals surface area contributed by atoms with Crippen LogP contribution in [0.25, 0.3) is 70.9 Å². The van der Waals surface area contributed by atoms with E-state index in [1.807, 2.05) is 41.0 Å². The average molecular weight is 520 g/mol. The van der Waals surface area contributed by atoms with E-state index in [-0.39, 0.29) is 5.82 Å². The van der Waals surface area contributed by atoms with Crippen LogP contribution in [-0.2, 0) is 5.40 Å². The quantitative estimate of drug-likeness (QED) is 0.147. The van der Waals surface area contributed by atoms with Crippen LogP contribution in [0.1, 0.15) is 5.82 Å². The van der Waals surface area contributed by atoms with Gasteiger partial charge in [-0.2, -0.15) is 0 Å². The topological polar surface area (TPSA) is 38.1 Å². The molecular weight excluding hydrogens is 498 g/mol.